The predicted octanol–water partition coefficient (Wildman–Crippen LogP) is 2.75. The summed E-state index contributed by atoms with van der Waals surface area (Å²) in [6.07, 6.45) is -2.14. The van der Waals surface area contributed by atoms with Crippen LogP contribution in [0.2, 0.25) is 0 Å². The van der Waals surface area contributed by atoms with Gasteiger partial charge in [0, 0.05) is 5.56 Å². The molecule has 0 radical (unpaired) electrons. The van der Waals surface area contributed by atoms with Crippen LogP contribution < -0.4 is 11.0 Å². The molecular formula is C17H16F3N5O2. The largest absolute Gasteiger partial charge is 0.416 e. The maximum Gasteiger partial charge on any atom is 0.416 e. The van der Waals surface area contributed by atoms with Gasteiger partial charge in [0.15, 0.2) is 5.65 Å². The third kappa shape index (κ3) is 3.55. The lowest BCUT2D eigenvalue weighted by Gasteiger charge is -2.19. The number of halogens is 3. The number of aromatic nitrogens is 4. The average Bonchev–Trinajstić information content (AvgIpc) is 3.02. The molecule has 0 saturated carbocycles. The van der Waals surface area contributed by atoms with Gasteiger partial charge in [0.2, 0.25) is 0 Å². The molecule has 142 valence electrons. The van der Waals surface area contributed by atoms with E-state index in [1.54, 1.807) is 4.68 Å². The standard InChI is InChI=1S/C17H16F3N5O2/c1-16(2,3)25-13-12(8-22-25)15(27)24(9-21-13)23-14(26)10-5-4-6-11(7-10)17(18,19)20/h4-9H,1-3H3,(H,23,26). The lowest BCUT2D eigenvalue weighted by atomic mass is 10.1. The second-order valence-corrected chi connectivity index (χ2v) is 6.90. The number of amides is 1. The molecule has 1 amide bonds. The molecule has 7 nitrogen and oxygen atoms in total. The maximum absolute atomic E-state index is 12.8. The fourth-order valence-electron chi connectivity index (χ4n) is 2.49. The zero-order valence-corrected chi connectivity index (χ0v) is 14.7. The van der Waals surface area contributed by atoms with E-state index in [4.69, 9.17) is 0 Å². The molecule has 3 aromatic rings. The first-order valence-electron chi connectivity index (χ1n) is 7.93. The maximum atomic E-state index is 12.8. The van der Waals surface area contributed by atoms with Crippen LogP contribution >= 0.6 is 0 Å². The fourth-order valence-corrected chi connectivity index (χ4v) is 2.49. The Balaban J connectivity index is 1.95. The number of hydrogen-bond acceptors (Lipinski definition) is 4. The summed E-state index contributed by atoms with van der Waals surface area (Å²) in [7, 11) is 0. The Morgan fingerprint density at radius 2 is 1.89 bits per heavy atom. The first-order valence-corrected chi connectivity index (χ1v) is 7.93. The van der Waals surface area contributed by atoms with Crippen LogP contribution in [0, 0.1) is 0 Å². The number of hydrogen-bond donors (Lipinski definition) is 1. The number of carbonyl (C=O) groups excluding carboxylic acids is 1. The van der Waals surface area contributed by atoms with Gasteiger partial charge in [-0.3, -0.25) is 15.0 Å². The van der Waals surface area contributed by atoms with E-state index in [2.05, 4.69) is 15.5 Å². The number of nitrogens with one attached hydrogen (secondary N) is 1. The Labute approximate surface area is 151 Å². The van der Waals surface area contributed by atoms with Crippen LogP contribution in [0.1, 0.15) is 36.7 Å². The Morgan fingerprint density at radius 1 is 1.19 bits per heavy atom. The van der Waals surface area contributed by atoms with Crippen LogP contribution in [-0.4, -0.2) is 25.3 Å². The lowest BCUT2D eigenvalue weighted by molar-refractivity contribution is -0.137. The van der Waals surface area contributed by atoms with E-state index < -0.39 is 28.7 Å². The van der Waals surface area contributed by atoms with Gasteiger partial charge in [-0.2, -0.15) is 18.3 Å². The van der Waals surface area contributed by atoms with Crippen molar-refractivity contribution in [3.05, 3.63) is 58.3 Å². The summed E-state index contributed by atoms with van der Waals surface area (Å²) in [4.78, 5) is 28.9. The van der Waals surface area contributed by atoms with Gasteiger partial charge >= 0.3 is 6.18 Å². The van der Waals surface area contributed by atoms with E-state index in [9.17, 15) is 22.8 Å². The Bertz CT molecular complexity index is 1080. The van der Waals surface area contributed by atoms with Gasteiger partial charge in [-0.05, 0) is 39.0 Å². The molecule has 0 saturated heterocycles. The van der Waals surface area contributed by atoms with E-state index in [1.165, 1.54) is 12.3 Å². The molecule has 2 aromatic heterocycles. The fraction of sp³-hybridized carbons (Fsp3) is 0.294. The van der Waals surface area contributed by atoms with E-state index in [1.807, 2.05) is 20.8 Å². The number of carbonyl (C=O) groups is 1. The topological polar surface area (TPSA) is 81.8 Å². The molecule has 0 spiro atoms. The van der Waals surface area contributed by atoms with Crippen LogP contribution in [0.4, 0.5) is 13.2 Å². The number of benzene rings is 1. The summed E-state index contributed by atoms with van der Waals surface area (Å²) in [5.74, 6) is -0.868. The number of fused-ring (bicyclic) bond motifs is 1. The summed E-state index contributed by atoms with van der Waals surface area (Å²) < 4.78 is 40.8. The zero-order chi connectivity index (χ0) is 20.0. The number of nitrogens with zero attached hydrogens (tertiary/aromatic N) is 4. The van der Waals surface area contributed by atoms with Crippen molar-refractivity contribution in [3.8, 4) is 0 Å². The summed E-state index contributed by atoms with van der Waals surface area (Å²) in [5.41, 5.74) is 0.403. The Kier molecular flexibility index (Phi) is 4.29. The summed E-state index contributed by atoms with van der Waals surface area (Å²) in [6, 6.07) is 3.91. The van der Waals surface area contributed by atoms with E-state index in [-0.39, 0.29) is 10.9 Å². The first-order chi connectivity index (χ1) is 12.5. The minimum Gasteiger partial charge on any atom is -0.267 e. The normalized spacial score (nSPS) is 12.4. The van der Waals surface area contributed by atoms with Gasteiger partial charge in [-0.15, -0.1) is 0 Å². The van der Waals surface area contributed by atoms with Crippen molar-refractivity contribution < 1.29 is 18.0 Å². The van der Waals surface area contributed by atoms with Crippen LogP contribution in [0.5, 0.6) is 0 Å². The van der Waals surface area contributed by atoms with Gasteiger partial charge in [0.05, 0.1) is 17.3 Å². The van der Waals surface area contributed by atoms with Crippen molar-refractivity contribution in [2.24, 2.45) is 0 Å². The van der Waals surface area contributed by atoms with Crippen molar-refractivity contribution >= 4 is 16.9 Å². The molecule has 2 heterocycles. The molecule has 27 heavy (non-hydrogen) atoms. The van der Waals surface area contributed by atoms with Crippen LogP contribution in [0.25, 0.3) is 11.0 Å². The van der Waals surface area contributed by atoms with Crippen molar-refractivity contribution in [2.75, 3.05) is 5.43 Å². The SMILES string of the molecule is CC(C)(C)n1ncc2c(=O)n(NC(=O)c3cccc(C(F)(F)F)c3)cnc21. The van der Waals surface area contributed by atoms with Crippen molar-refractivity contribution in [2.45, 2.75) is 32.5 Å². The van der Waals surface area contributed by atoms with Crippen LogP contribution in [-0.2, 0) is 11.7 Å². The van der Waals surface area contributed by atoms with Crippen molar-refractivity contribution in [3.63, 3.8) is 0 Å². The Morgan fingerprint density at radius 3 is 2.52 bits per heavy atom. The molecule has 10 heteroatoms. The number of rotatable bonds is 2. The minimum atomic E-state index is -4.57. The number of alkyl halides is 3. The molecule has 0 aliphatic rings. The van der Waals surface area contributed by atoms with E-state index in [0.29, 0.717) is 11.7 Å². The van der Waals surface area contributed by atoms with Crippen molar-refractivity contribution in [1.82, 2.24) is 19.4 Å². The molecular weight excluding hydrogens is 363 g/mol. The second kappa shape index (κ2) is 6.22. The molecule has 0 aliphatic heterocycles. The summed E-state index contributed by atoms with van der Waals surface area (Å²) in [6.45, 7) is 5.67. The smallest absolute Gasteiger partial charge is 0.267 e. The van der Waals surface area contributed by atoms with E-state index >= 15 is 0 Å². The highest BCUT2D eigenvalue weighted by Crippen LogP contribution is 2.29. The van der Waals surface area contributed by atoms with Gasteiger partial charge in [0.25, 0.3) is 11.5 Å². The predicted molar refractivity (Wildman–Crippen MR) is 91.9 cm³/mol. The Hall–Kier alpha value is -3.17. The van der Waals surface area contributed by atoms with Gasteiger partial charge in [0.1, 0.15) is 11.7 Å². The highest BCUT2D eigenvalue weighted by Gasteiger charge is 2.31. The highest BCUT2D eigenvalue weighted by atomic mass is 19.4. The van der Waals surface area contributed by atoms with Gasteiger partial charge in [-0.25, -0.2) is 14.3 Å². The molecule has 1 aromatic carbocycles. The quantitative estimate of drug-likeness (QED) is 0.742. The lowest BCUT2D eigenvalue weighted by Crippen LogP contribution is -2.33. The second-order valence-electron chi connectivity index (χ2n) is 6.90. The molecule has 3 rings (SSSR count). The molecule has 0 bridgehead atoms. The summed E-state index contributed by atoms with van der Waals surface area (Å²) >= 11 is 0. The average molecular weight is 379 g/mol. The first kappa shape index (κ1) is 18.6. The zero-order valence-electron chi connectivity index (χ0n) is 14.7. The third-order valence-electron chi connectivity index (χ3n) is 3.80. The van der Waals surface area contributed by atoms with Gasteiger partial charge in [-0.1, -0.05) is 6.07 Å². The molecule has 1 N–H and O–H groups in total. The summed E-state index contributed by atoms with van der Waals surface area (Å²) in [5, 5.41) is 4.33. The van der Waals surface area contributed by atoms with Crippen LogP contribution in [0.3, 0.4) is 0 Å². The van der Waals surface area contributed by atoms with Crippen molar-refractivity contribution in [1.29, 1.82) is 0 Å². The van der Waals surface area contributed by atoms with E-state index in [0.717, 1.165) is 23.1 Å². The molecule has 0 unspecified atom stereocenters. The highest BCUT2D eigenvalue weighted by molar-refractivity contribution is 6.00. The van der Waals surface area contributed by atoms with Gasteiger partial charge < -0.3 is 0 Å². The molecule has 0 aliphatic carbocycles. The monoisotopic (exact) mass is 379 g/mol. The minimum absolute atomic E-state index is 0.178. The van der Waals surface area contributed by atoms with Crippen LogP contribution in [0.15, 0.2) is 41.6 Å². The third-order valence-corrected chi connectivity index (χ3v) is 3.80. The molecule has 0 atom stereocenters. The molecule has 0 fully saturated rings.